The summed E-state index contributed by atoms with van der Waals surface area (Å²) in [6.45, 7) is 7.31. The van der Waals surface area contributed by atoms with Crippen molar-refractivity contribution in [3.8, 4) is 0 Å². The van der Waals surface area contributed by atoms with Gasteiger partial charge in [0.25, 0.3) is 0 Å². The number of nitrogens with zero attached hydrogens (tertiary/aromatic N) is 4. The molecule has 0 aliphatic carbocycles. The van der Waals surface area contributed by atoms with Crippen LogP contribution in [-0.4, -0.2) is 60.0 Å². The third kappa shape index (κ3) is 4.73. The first-order chi connectivity index (χ1) is 13.3. The highest BCUT2D eigenvalue weighted by Gasteiger charge is 2.31. The lowest BCUT2D eigenvalue weighted by Gasteiger charge is -2.24. The van der Waals surface area contributed by atoms with Gasteiger partial charge in [0.2, 0.25) is 5.91 Å². The van der Waals surface area contributed by atoms with Crippen LogP contribution in [0.15, 0.2) is 54.9 Å². The average molecular weight is 364 g/mol. The van der Waals surface area contributed by atoms with Gasteiger partial charge in [0.15, 0.2) is 0 Å². The summed E-state index contributed by atoms with van der Waals surface area (Å²) in [5, 5.41) is 0. The summed E-state index contributed by atoms with van der Waals surface area (Å²) in [7, 11) is 0. The quantitative estimate of drug-likeness (QED) is 0.818. The molecule has 4 rings (SSSR count). The Labute approximate surface area is 161 Å². The molecule has 2 aliphatic rings. The van der Waals surface area contributed by atoms with E-state index in [0.717, 1.165) is 51.5 Å². The number of carbonyl (C=O) groups is 1. The van der Waals surface area contributed by atoms with Gasteiger partial charge in [-0.3, -0.25) is 14.7 Å². The van der Waals surface area contributed by atoms with Crippen molar-refractivity contribution in [3.63, 3.8) is 0 Å². The minimum atomic E-state index is 0.264. The van der Waals surface area contributed by atoms with Gasteiger partial charge in [-0.25, -0.2) is 0 Å². The molecule has 2 fully saturated rings. The van der Waals surface area contributed by atoms with Gasteiger partial charge in [-0.15, -0.1) is 0 Å². The molecule has 5 nitrogen and oxygen atoms in total. The topological polar surface area (TPSA) is 39.7 Å². The molecule has 0 radical (unpaired) electrons. The fourth-order valence-electron chi connectivity index (χ4n) is 4.24. The Morgan fingerprint density at radius 1 is 0.926 bits per heavy atom. The van der Waals surface area contributed by atoms with Crippen molar-refractivity contribution in [2.24, 2.45) is 5.92 Å². The first kappa shape index (κ1) is 18.1. The minimum Gasteiger partial charge on any atom is -0.312 e. The molecule has 0 spiro atoms. The molecule has 1 amide bonds. The molecular formula is C22H28N4O. The fraction of sp³-hybridized carbons (Fsp3) is 0.455. The van der Waals surface area contributed by atoms with Gasteiger partial charge in [-0.1, -0.05) is 18.2 Å². The van der Waals surface area contributed by atoms with Crippen LogP contribution in [0.3, 0.4) is 0 Å². The Kier molecular flexibility index (Phi) is 5.80. The number of pyridine rings is 1. The number of carbonyl (C=O) groups excluding carboxylic acids is 1. The van der Waals surface area contributed by atoms with Gasteiger partial charge in [0.1, 0.15) is 0 Å². The summed E-state index contributed by atoms with van der Waals surface area (Å²) in [4.78, 5) is 23.6. The molecule has 0 N–H and O–H groups in total. The number of amides is 1. The van der Waals surface area contributed by atoms with E-state index < -0.39 is 0 Å². The second kappa shape index (κ2) is 8.63. The van der Waals surface area contributed by atoms with E-state index in [9.17, 15) is 4.79 Å². The number of anilines is 1. The summed E-state index contributed by atoms with van der Waals surface area (Å²) >= 11 is 0. The second-order valence-corrected chi connectivity index (χ2v) is 7.70. The number of para-hydroxylation sites is 1. The number of rotatable bonds is 5. The molecule has 3 heterocycles. The number of hydrogen-bond acceptors (Lipinski definition) is 4. The molecule has 5 heteroatoms. The molecule has 0 saturated carbocycles. The third-order valence-electron chi connectivity index (χ3n) is 5.63. The van der Waals surface area contributed by atoms with Crippen molar-refractivity contribution in [1.82, 2.24) is 14.8 Å². The van der Waals surface area contributed by atoms with Crippen molar-refractivity contribution in [3.05, 3.63) is 60.4 Å². The molecule has 2 aromatic rings. The zero-order valence-electron chi connectivity index (χ0n) is 15.8. The van der Waals surface area contributed by atoms with Gasteiger partial charge in [-0.05, 0) is 55.3 Å². The fourth-order valence-corrected chi connectivity index (χ4v) is 4.24. The van der Waals surface area contributed by atoms with E-state index in [1.807, 2.05) is 47.6 Å². The Morgan fingerprint density at radius 3 is 2.48 bits per heavy atom. The van der Waals surface area contributed by atoms with Gasteiger partial charge in [0, 0.05) is 57.2 Å². The Bertz CT molecular complexity index is 736. The smallest absolute Gasteiger partial charge is 0.227 e. The van der Waals surface area contributed by atoms with E-state index in [1.54, 1.807) is 0 Å². The highest BCUT2D eigenvalue weighted by molar-refractivity contribution is 5.95. The monoisotopic (exact) mass is 364 g/mol. The van der Waals surface area contributed by atoms with Crippen LogP contribution in [0.2, 0.25) is 0 Å². The van der Waals surface area contributed by atoms with Crippen LogP contribution < -0.4 is 4.90 Å². The van der Waals surface area contributed by atoms with Crippen molar-refractivity contribution in [2.75, 3.05) is 44.2 Å². The van der Waals surface area contributed by atoms with E-state index in [-0.39, 0.29) is 5.91 Å². The SMILES string of the molecule is O=C1CC(CN2CCCN(Cc3ccncc3)CC2)CN1c1ccccc1. The van der Waals surface area contributed by atoms with Crippen LogP contribution >= 0.6 is 0 Å². The van der Waals surface area contributed by atoms with Crippen LogP contribution in [0.5, 0.6) is 0 Å². The standard InChI is InChI=1S/C22H28N4O/c27-22-15-20(18-26(22)21-5-2-1-3-6-21)17-25-12-4-11-24(13-14-25)16-19-7-9-23-10-8-19/h1-3,5-10,20H,4,11-18H2. The molecule has 2 saturated heterocycles. The van der Waals surface area contributed by atoms with E-state index >= 15 is 0 Å². The zero-order chi connectivity index (χ0) is 18.5. The van der Waals surface area contributed by atoms with E-state index in [0.29, 0.717) is 12.3 Å². The van der Waals surface area contributed by atoms with Crippen LogP contribution in [0.4, 0.5) is 5.69 Å². The maximum atomic E-state index is 12.4. The Morgan fingerprint density at radius 2 is 1.67 bits per heavy atom. The van der Waals surface area contributed by atoms with Crippen molar-refractivity contribution < 1.29 is 4.79 Å². The average Bonchev–Trinajstić information content (AvgIpc) is 2.92. The maximum Gasteiger partial charge on any atom is 0.227 e. The zero-order valence-corrected chi connectivity index (χ0v) is 15.8. The Balaban J connectivity index is 1.28. The van der Waals surface area contributed by atoms with Crippen molar-refractivity contribution >= 4 is 11.6 Å². The summed E-state index contributed by atoms with van der Waals surface area (Å²) in [5.74, 6) is 0.699. The molecule has 1 aromatic carbocycles. The normalized spacial score (nSPS) is 22.1. The highest BCUT2D eigenvalue weighted by Crippen LogP contribution is 2.25. The van der Waals surface area contributed by atoms with Crippen LogP contribution in [0, 0.1) is 5.92 Å². The predicted molar refractivity (Wildman–Crippen MR) is 107 cm³/mol. The molecule has 1 atom stereocenters. The summed E-state index contributed by atoms with van der Waals surface area (Å²) < 4.78 is 0. The molecule has 142 valence electrons. The highest BCUT2D eigenvalue weighted by atomic mass is 16.2. The lowest BCUT2D eigenvalue weighted by molar-refractivity contribution is -0.117. The molecular weight excluding hydrogens is 336 g/mol. The maximum absolute atomic E-state index is 12.4. The largest absolute Gasteiger partial charge is 0.312 e. The summed E-state index contributed by atoms with van der Waals surface area (Å²) in [5.41, 5.74) is 2.36. The molecule has 27 heavy (non-hydrogen) atoms. The summed E-state index contributed by atoms with van der Waals surface area (Å²) in [6, 6.07) is 14.3. The predicted octanol–water partition coefficient (Wildman–Crippen LogP) is 2.64. The summed E-state index contributed by atoms with van der Waals surface area (Å²) in [6.07, 6.45) is 5.60. The lowest BCUT2D eigenvalue weighted by atomic mass is 10.1. The van der Waals surface area contributed by atoms with Crippen molar-refractivity contribution in [1.29, 1.82) is 0 Å². The van der Waals surface area contributed by atoms with E-state index in [2.05, 4.69) is 26.9 Å². The third-order valence-corrected chi connectivity index (χ3v) is 5.63. The second-order valence-electron chi connectivity index (χ2n) is 7.70. The van der Waals surface area contributed by atoms with Crippen LogP contribution in [0.1, 0.15) is 18.4 Å². The van der Waals surface area contributed by atoms with Gasteiger partial charge >= 0.3 is 0 Å². The first-order valence-corrected chi connectivity index (χ1v) is 9.97. The number of benzene rings is 1. The van der Waals surface area contributed by atoms with Gasteiger partial charge < -0.3 is 9.80 Å². The molecule has 0 bridgehead atoms. The molecule has 1 aromatic heterocycles. The van der Waals surface area contributed by atoms with Crippen LogP contribution in [-0.2, 0) is 11.3 Å². The first-order valence-electron chi connectivity index (χ1n) is 9.97. The van der Waals surface area contributed by atoms with Crippen LogP contribution in [0.25, 0.3) is 0 Å². The number of aromatic nitrogens is 1. The van der Waals surface area contributed by atoms with Crippen molar-refractivity contribution in [2.45, 2.75) is 19.4 Å². The Hall–Kier alpha value is -2.24. The lowest BCUT2D eigenvalue weighted by Crippen LogP contribution is -2.34. The molecule has 1 unspecified atom stereocenters. The minimum absolute atomic E-state index is 0.264. The van der Waals surface area contributed by atoms with E-state index in [1.165, 1.54) is 12.0 Å². The number of hydrogen-bond donors (Lipinski definition) is 0. The molecule has 2 aliphatic heterocycles. The van der Waals surface area contributed by atoms with Gasteiger partial charge in [0.05, 0.1) is 0 Å². The van der Waals surface area contributed by atoms with E-state index in [4.69, 9.17) is 0 Å². The van der Waals surface area contributed by atoms with Gasteiger partial charge in [-0.2, -0.15) is 0 Å².